The van der Waals surface area contributed by atoms with Crippen LogP contribution in [0.15, 0.2) is 15.8 Å². The summed E-state index contributed by atoms with van der Waals surface area (Å²) in [5.41, 5.74) is -7.43. The number of ether oxygens (including phenoxy) is 2. The monoisotopic (exact) mass is 496 g/mol. The largest absolute Gasteiger partial charge is 0.463 e. The van der Waals surface area contributed by atoms with Crippen molar-refractivity contribution in [3.63, 3.8) is 0 Å². The SMILES string of the molecule is CC(=O)OC[C@H]1O[C@@H](n2cc(I)c(=O)[nH]c2=O)[C@@](O)(C(C)=O)[C@@]1(O)C(C)=O. The van der Waals surface area contributed by atoms with E-state index < -0.39 is 58.9 Å². The summed E-state index contributed by atoms with van der Waals surface area (Å²) >= 11 is 1.61. The summed E-state index contributed by atoms with van der Waals surface area (Å²) in [6.07, 6.45) is -2.49. The molecule has 1 aliphatic heterocycles. The van der Waals surface area contributed by atoms with E-state index in [1.165, 1.54) is 0 Å². The third-order valence-corrected chi connectivity index (χ3v) is 5.15. The first-order chi connectivity index (χ1) is 12.4. The van der Waals surface area contributed by atoms with E-state index >= 15 is 0 Å². The first kappa shape index (κ1) is 21.4. The molecule has 0 amide bonds. The number of H-pyrrole nitrogens is 1. The van der Waals surface area contributed by atoms with Gasteiger partial charge >= 0.3 is 11.7 Å². The number of ketones is 2. The number of hydrogen-bond donors (Lipinski definition) is 3. The zero-order valence-electron chi connectivity index (χ0n) is 14.5. The summed E-state index contributed by atoms with van der Waals surface area (Å²) in [5, 5.41) is 22.0. The van der Waals surface area contributed by atoms with Crippen molar-refractivity contribution in [3.05, 3.63) is 30.6 Å². The number of hydrogen-bond acceptors (Lipinski definition) is 9. The van der Waals surface area contributed by atoms with Crippen molar-refractivity contribution in [1.82, 2.24) is 9.55 Å². The van der Waals surface area contributed by atoms with Gasteiger partial charge in [0, 0.05) is 13.1 Å². The Bertz CT molecular complexity index is 923. The van der Waals surface area contributed by atoms with Crippen LogP contribution in [0.5, 0.6) is 0 Å². The minimum Gasteiger partial charge on any atom is -0.463 e. The number of halogens is 1. The molecule has 1 saturated heterocycles. The Labute approximate surface area is 165 Å². The summed E-state index contributed by atoms with van der Waals surface area (Å²) < 4.78 is 10.9. The van der Waals surface area contributed by atoms with Gasteiger partial charge < -0.3 is 19.7 Å². The molecule has 0 aliphatic carbocycles. The van der Waals surface area contributed by atoms with E-state index in [0.717, 1.165) is 27.0 Å². The predicted octanol–water partition coefficient (Wildman–Crippen LogP) is -1.76. The molecule has 148 valence electrons. The molecule has 4 atom stereocenters. The third kappa shape index (κ3) is 3.26. The van der Waals surface area contributed by atoms with E-state index in [1.807, 2.05) is 4.98 Å². The average Bonchev–Trinajstić information content (AvgIpc) is 2.79. The molecule has 11 nitrogen and oxygen atoms in total. The van der Waals surface area contributed by atoms with Crippen molar-refractivity contribution in [2.75, 3.05) is 6.61 Å². The summed E-state index contributed by atoms with van der Waals surface area (Å²) in [4.78, 5) is 61.3. The van der Waals surface area contributed by atoms with E-state index in [-0.39, 0.29) is 3.57 Å². The molecule has 0 unspecified atom stereocenters. The number of aromatic nitrogens is 2. The molecule has 1 aliphatic rings. The van der Waals surface area contributed by atoms with Crippen LogP contribution < -0.4 is 11.2 Å². The molecule has 1 aromatic rings. The highest BCUT2D eigenvalue weighted by atomic mass is 127. The number of nitrogens with one attached hydrogen (secondary N) is 1. The number of nitrogens with zero attached hydrogens (tertiary/aromatic N) is 1. The molecule has 3 N–H and O–H groups in total. The van der Waals surface area contributed by atoms with E-state index in [0.29, 0.717) is 4.57 Å². The molecule has 0 aromatic carbocycles. The van der Waals surface area contributed by atoms with Crippen LogP contribution in [0.25, 0.3) is 0 Å². The van der Waals surface area contributed by atoms with Crippen molar-refractivity contribution in [2.45, 2.75) is 44.3 Å². The van der Waals surface area contributed by atoms with Gasteiger partial charge in [0.15, 0.2) is 23.4 Å². The molecule has 0 saturated carbocycles. The fraction of sp³-hybridized carbons (Fsp3) is 0.533. The first-order valence-corrected chi connectivity index (χ1v) is 8.71. The molecular weight excluding hydrogens is 479 g/mol. The summed E-state index contributed by atoms with van der Waals surface area (Å²) in [5.74, 6) is -2.86. The van der Waals surface area contributed by atoms with E-state index in [4.69, 9.17) is 9.47 Å². The topological polar surface area (TPSA) is 165 Å². The maximum atomic E-state index is 12.3. The number of aromatic amines is 1. The van der Waals surface area contributed by atoms with Gasteiger partial charge in [-0.05, 0) is 36.4 Å². The van der Waals surface area contributed by atoms with Crippen molar-refractivity contribution < 1.29 is 34.1 Å². The predicted molar refractivity (Wildman–Crippen MR) is 95.8 cm³/mol. The average molecular weight is 496 g/mol. The molecule has 0 bridgehead atoms. The molecule has 0 radical (unpaired) electrons. The Morgan fingerprint density at radius 3 is 2.26 bits per heavy atom. The highest BCUT2D eigenvalue weighted by molar-refractivity contribution is 14.1. The Morgan fingerprint density at radius 1 is 1.22 bits per heavy atom. The second kappa shape index (κ2) is 7.26. The van der Waals surface area contributed by atoms with Crippen LogP contribution in [-0.2, 0) is 23.9 Å². The second-order valence-electron chi connectivity index (χ2n) is 6.07. The molecule has 1 fully saturated rings. The van der Waals surface area contributed by atoms with Crippen LogP contribution in [0.1, 0.15) is 27.0 Å². The maximum absolute atomic E-state index is 12.3. The fourth-order valence-electron chi connectivity index (χ4n) is 2.98. The van der Waals surface area contributed by atoms with Crippen LogP contribution in [-0.4, -0.2) is 61.2 Å². The second-order valence-corrected chi connectivity index (χ2v) is 7.23. The standard InChI is InChI=1S/C15H17IN2O9/c1-6(19)14(24)10(5-26-8(3)21)27-12(15(14,25)7(2)20)18-4-9(16)11(22)17-13(18)23/h4,10,12,24-25H,5H2,1-3H3,(H,17,22,23)/t10-,12-,14-,15+/m1/s1. The quantitative estimate of drug-likeness (QED) is 0.317. The highest BCUT2D eigenvalue weighted by Gasteiger charge is 2.72. The van der Waals surface area contributed by atoms with Gasteiger partial charge in [0.1, 0.15) is 12.7 Å². The van der Waals surface area contributed by atoms with Gasteiger partial charge in [-0.3, -0.25) is 28.7 Å². The van der Waals surface area contributed by atoms with Crippen LogP contribution >= 0.6 is 22.6 Å². The van der Waals surface area contributed by atoms with Crippen LogP contribution in [0, 0.1) is 3.57 Å². The minimum atomic E-state index is -2.88. The number of carbonyl (C=O) groups excluding carboxylic acids is 3. The Hall–Kier alpha value is -1.90. The molecule has 12 heteroatoms. The number of esters is 1. The van der Waals surface area contributed by atoms with Crippen molar-refractivity contribution in [2.24, 2.45) is 0 Å². The molecule has 2 rings (SSSR count). The summed E-state index contributed by atoms with van der Waals surface area (Å²) in [7, 11) is 0. The van der Waals surface area contributed by atoms with Crippen LogP contribution in [0.2, 0.25) is 0 Å². The van der Waals surface area contributed by atoms with Crippen molar-refractivity contribution >= 4 is 40.1 Å². The van der Waals surface area contributed by atoms with Gasteiger partial charge in [-0.15, -0.1) is 0 Å². The lowest BCUT2D eigenvalue weighted by atomic mass is 9.75. The minimum absolute atomic E-state index is 0.0245. The van der Waals surface area contributed by atoms with Crippen molar-refractivity contribution in [3.8, 4) is 0 Å². The molecule has 2 heterocycles. The normalized spacial score (nSPS) is 30.1. The Balaban J connectivity index is 2.71. The fourth-order valence-corrected chi connectivity index (χ4v) is 3.41. The number of rotatable bonds is 5. The molecule has 1 aromatic heterocycles. The van der Waals surface area contributed by atoms with Gasteiger partial charge in [-0.25, -0.2) is 4.79 Å². The molecular formula is C15H17IN2O9. The van der Waals surface area contributed by atoms with Crippen molar-refractivity contribution in [1.29, 1.82) is 0 Å². The summed E-state index contributed by atoms with van der Waals surface area (Å²) in [6.45, 7) is 2.23. The number of aliphatic hydroxyl groups is 2. The van der Waals surface area contributed by atoms with Gasteiger partial charge in [-0.1, -0.05) is 0 Å². The first-order valence-electron chi connectivity index (χ1n) is 7.64. The Kier molecular flexibility index (Phi) is 5.75. The highest BCUT2D eigenvalue weighted by Crippen LogP contribution is 2.46. The number of carbonyl (C=O) groups is 3. The smallest absolute Gasteiger partial charge is 0.330 e. The van der Waals surface area contributed by atoms with Crippen LogP contribution in [0.4, 0.5) is 0 Å². The van der Waals surface area contributed by atoms with E-state index in [1.54, 1.807) is 22.6 Å². The van der Waals surface area contributed by atoms with Crippen LogP contribution in [0.3, 0.4) is 0 Å². The van der Waals surface area contributed by atoms with Gasteiger partial charge in [-0.2, -0.15) is 0 Å². The summed E-state index contributed by atoms with van der Waals surface area (Å²) in [6, 6.07) is 0. The van der Waals surface area contributed by atoms with Gasteiger partial charge in [0.2, 0.25) is 5.60 Å². The number of Topliss-reactive ketones (excluding diaryl/α,β-unsaturated/α-hetero) is 2. The van der Waals surface area contributed by atoms with Gasteiger partial charge in [0.05, 0.1) is 3.57 Å². The Morgan fingerprint density at radius 2 is 1.78 bits per heavy atom. The van der Waals surface area contributed by atoms with E-state index in [9.17, 15) is 34.2 Å². The molecule has 27 heavy (non-hydrogen) atoms. The lowest BCUT2D eigenvalue weighted by Crippen LogP contribution is -2.66. The zero-order valence-corrected chi connectivity index (χ0v) is 16.7. The molecule has 0 spiro atoms. The lowest BCUT2D eigenvalue weighted by Gasteiger charge is -2.37. The third-order valence-electron chi connectivity index (χ3n) is 4.39. The lowest BCUT2D eigenvalue weighted by molar-refractivity contribution is -0.182. The van der Waals surface area contributed by atoms with E-state index in [2.05, 4.69) is 0 Å². The van der Waals surface area contributed by atoms with Gasteiger partial charge in [0.25, 0.3) is 5.56 Å². The zero-order chi connectivity index (χ0) is 20.7. The maximum Gasteiger partial charge on any atom is 0.330 e.